The second-order valence-electron chi connectivity index (χ2n) is 8.18. The van der Waals surface area contributed by atoms with Gasteiger partial charge in [-0.3, -0.25) is 14.6 Å². The lowest BCUT2D eigenvalue weighted by molar-refractivity contribution is -0.134. The van der Waals surface area contributed by atoms with E-state index in [0.717, 1.165) is 56.9 Å². The molecule has 0 unspecified atom stereocenters. The number of rotatable bonds is 8. The van der Waals surface area contributed by atoms with E-state index in [0.29, 0.717) is 25.0 Å². The minimum atomic E-state index is -0.236. The Hall–Kier alpha value is -1.66. The highest BCUT2D eigenvalue weighted by molar-refractivity contribution is 5.79. The van der Waals surface area contributed by atoms with Gasteiger partial charge in [-0.25, -0.2) is 4.39 Å². The molecule has 27 heavy (non-hydrogen) atoms. The number of amides is 1. The fourth-order valence-electron chi connectivity index (χ4n) is 3.73. The number of hydrogen-bond acceptors (Lipinski definition) is 4. The molecule has 1 heterocycles. The Labute approximate surface area is 162 Å². The SMILES string of the molecule is COc1ccc(F)cc1CN1CCN(CC(=O)N(CC(C)C)C2CC2)CC1. The summed E-state index contributed by atoms with van der Waals surface area (Å²) in [6.45, 7) is 9.87. The van der Waals surface area contributed by atoms with Crippen molar-refractivity contribution < 1.29 is 13.9 Å². The summed E-state index contributed by atoms with van der Waals surface area (Å²) in [7, 11) is 1.61. The van der Waals surface area contributed by atoms with Crippen LogP contribution in [-0.4, -0.2) is 73.0 Å². The lowest BCUT2D eigenvalue weighted by Crippen LogP contribution is -2.50. The number of carbonyl (C=O) groups is 1. The van der Waals surface area contributed by atoms with Crippen LogP contribution in [0.4, 0.5) is 4.39 Å². The van der Waals surface area contributed by atoms with Crippen LogP contribution < -0.4 is 4.74 Å². The van der Waals surface area contributed by atoms with E-state index in [-0.39, 0.29) is 11.7 Å². The maximum Gasteiger partial charge on any atom is 0.237 e. The van der Waals surface area contributed by atoms with Crippen molar-refractivity contribution in [2.45, 2.75) is 39.3 Å². The maximum absolute atomic E-state index is 13.6. The third kappa shape index (κ3) is 5.66. The number of piperazine rings is 1. The molecule has 1 aliphatic heterocycles. The van der Waals surface area contributed by atoms with Crippen molar-refractivity contribution in [3.8, 4) is 5.75 Å². The zero-order chi connectivity index (χ0) is 19.4. The molecular formula is C21H32FN3O2. The number of ether oxygens (including phenoxy) is 1. The molecule has 150 valence electrons. The van der Waals surface area contributed by atoms with Crippen LogP contribution in [0.2, 0.25) is 0 Å². The topological polar surface area (TPSA) is 36.0 Å². The molecule has 0 bridgehead atoms. The Morgan fingerprint density at radius 3 is 2.48 bits per heavy atom. The smallest absolute Gasteiger partial charge is 0.237 e. The Bertz CT molecular complexity index is 640. The van der Waals surface area contributed by atoms with E-state index >= 15 is 0 Å². The van der Waals surface area contributed by atoms with E-state index in [4.69, 9.17) is 4.74 Å². The summed E-state index contributed by atoms with van der Waals surface area (Å²) in [5, 5.41) is 0. The van der Waals surface area contributed by atoms with E-state index in [2.05, 4.69) is 28.5 Å². The third-order valence-electron chi connectivity index (χ3n) is 5.33. The standard InChI is InChI=1S/C21H32FN3O2/c1-16(2)13-25(19-5-6-19)21(26)15-24-10-8-23(9-11-24)14-17-12-18(22)4-7-20(17)27-3/h4,7,12,16,19H,5-6,8-11,13-15H2,1-3H3. The average molecular weight is 378 g/mol. The summed E-state index contributed by atoms with van der Waals surface area (Å²) in [4.78, 5) is 19.4. The Morgan fingerprint density at radius 1 is 1.22 bits per heavy atom. The van der Waals surface area contributed by atoms with Gasteiger partial charge in [0.1, 0.15) is 11.6 Å². The highest BCUT2D eigenvalue weighted by Crippen LogP contribution is 2.28. The van der Waals surface area contributed by atoms with Crippen LogP contribution in [0.3, 0.4) is 0 Å². The number of carbonyl (C=O) groups excluding carboxylic acids is 1. The van der Waals surface area contributed by atoms with Crippen LogP contribution in [0.25, 0.3) is 0 Å². The summed E-state index contributed by atoms with van der Waals surface area (Å²) < 4.78 is 18.9. The molecule has 0 aromatic heterocycles. The molecule has 5 nitrogen and oxygen atoms in total. The molecule has 2 aliphatic rings. The Kier molecular flexibility index (Phi) is 6.71. The number of halogens is 1. The third-order valence-corrected chi connectivity index (χ3v) is 5.33. The van der Waals surface area contributed by atoms with Crippen LogP contribution in [0.15, 0.2) is 18.2 Å². The maximum atomic E-state index is 13.6. The molecule has 1 saturated heterocycles. The van der Waals surface area contributed by atoms with Gasteiger partial charge in [-0.2, -0.15) is 0 Å². The Morgan fingerprint density at radius 2 is 1.89 bits per heavy atom. The first-order valence-electron chi connectivity index (χ1n) is 10.0. The molecule has 6 heteroatoms. The summed E-state index contributed by atoms with van der Waals surface area (Å²) >= 11 is 0. The van der Waals surface area contributed by atoms with Crippen molar-refractivity contribution in [3.05, 3.63) is 29.6 Å². The van der Waals surface area contributed by atoms with Gasteiger partial charge in [-0.1, -0.05) is 13.8 Å². The first-order valence-corrected chi connectivity index (χ1v) is 10.0. The first kappa shape index (κ1) is 20.1. The molecule has 1 amide bonds. The van der Waals surface area contributed by atoms with Crippen LogP contribution >= 0.6 is 0 Å². The highest BCUT2D eigenvalue weighted by atomic mass is 19.1. The number of methoxy groups -OCH3 is 1. The van der Waals surface area contributed by atoms with Crippen molar-refractivity contribution in [2.24, 2.45) is 5.92 Å². The van der Waals surface area contributed by atoms with E-state index in [1.54, 1.807) is 19.2 Å². The number of nitrogens with zero attached hydrogens (tertiary/aromatic N) is 3. The van der Waals surface area contributed by atoms with Crippen molar-refractivity contribution in [1.82, 2.24) is 14.7 Å². The molecule has 0 radical (unpaired) electrons. The Balaban J connectivity index is 1.49. The zero-order valence-electron chi connectivity index (χ0n) is 16.8. The van der Waals surface area contributed by atoms with Gasteiger partial charge < -0.3 is 9.64 Å². The van der Waals surface area contributed by atoms with Gasteiger partial charge in [-0.15, -0.1) is 0 Å². The van der Waals surface area contributed by atoms with Crippen molar-refractivity contribution >= 4 is 5.91 Å². The molecule has 0 N–H and O–H groups in total. The summed E-state index contributed by atoms with van der Waals surface area (Å²) in [5.41, 5.74) is 0.874. The van der Waals surface area contributed by atoms with Gasteiger partial charge >= 0.3 is 0 Å². The fourth-order valence-corrected chi connectivity index (χ4v) is 3.73. The molecule has 0 atom stereocenters. The van der Waals surface area contributed by atoms with Crippen LogP contribution in [-0.2, 0) is 11.3 Å². The molecule has 1 saturated carbocycles. The highest BCUT2D eigenvalue weighted by Gasteiger charge is 2.33. The van der Waals surface area contributed by atoms with Gasteiger partial charge in [0.2, 0.25) is 5.91 Å². The minimum Gasteiger partial charge on any atom is -0.496 e. The van der Waals surface area contributed by atoms with Gasteiger partial charge in [0.15, 0.2) is 0 Å². The summed E-state index contributed by atoms with van der Waals surface area (Å²) in [6.07, 6.45) is 2.31. The largest absolute Gasteiger partial charge is 0.496 e. The normalized spacial score (nSPS) is 18.7. The molecule has 0 spiro atoms. The van der Waals surface area contributed by atoms with E-state index < -0.39 is 0 Å². The van der Waals surface area contributed by atoms with Gasteiger partial charge in [-0.05, 0) is 37.0 Å². The lowest BCUT2D eigenvalue weighted by atomic mass is 10.1. The minimum absolute atomic E-state index is 0.236. The van der Waals surface area contributed by atoms with E-state index in [1.165, 1.54) is 6.07 Å². The molecule has 3 rings (SSSR count). The van der Waals surface area contributed by atoms with Gasteiger partial charge in [0, 0.05) is 50.9 Å². The van der Waals surface area contributed by atoms with Crippen molar-refractivity contribution in [2.75, 3.05) is 46.4 Å². The second-order valence-corrected chi connectivity index (χ2v) is 8.18. The molecule has 1 aromatic rings. The number of hydrogen-bond donors (Lipinski definition) is 0. The fraction of sp³-hybridized carbons (Fsp3) is 0.667. The van der Waals surface area contributed by atoms with E-state index in [1.807, 2.05) is 0 Å². The lowest BCUT2D eigenvalue weighted by Gasteiger charge is -2.36. The van der Waals surface area contributed by atoms with Crippen LogP contribution in [0.5, 0.6) is 5.75 Å². The zero-order valence-corrected chi connectivity index (χ0v) is 16.8. The predicted molar refractivity (Wildman–Crippen MR) is 104 cm³/mol. The average Bonchev–Trinajstić information content (AvgIpc) is 3.46. The molecule has 2 fully saturated rings. The predicted octanol–water partition coefficient (Wildman–Crippen LogP) is 2.60. The molecular weight excluding hydrogens is 345 g/mol. The number of benzene rings is 1. The van der Waals surface area contributed by atoms with Crippen LogP contribution in [0.1, 0.15) is 32.3 Å². The molecule has 1 aromatic carbocycles. The summed E-state index contributed by atoms with van der Waals surface area (Å²) in [6, 6.07) is 5.13. The van der Waals surface area contributed by atoms with Crippen molar-refractivity contribution in [3.63, 3.8) is 0 Å². The van der Waals surface area contributed by atoms with Gasteiger partial charge in [0.25, 0.3) is 0 Å². The van der Waals surface area contributed by atoms with E-state index in [9.17, 15) is 9.18 Å². The van der Waals surface area contributed by atoms with Gasteiger partial charge in [0.05, 0.1) is 13.7 Å². The van der Waals surface area contributed by atoms with Crippen LogP contribution in [0, 0.1) is 11.7 Å². The second kappa shape index (κ2) is 9.02. The summed E-state index contributed by atoms with van der Waals surface area (Å²) in [5.74, 6) is 1.27. The monoisotopic (exact) mass is 377 g/mol. The first-order chi connectivity index (χ1) is 13.0. The van der Waals surface area contributed by atoms with Crippen molar-refractivity contribution in [1.29, 1.82) is 0 Å². The molecule has 1 aliphatic carbocycles. The quantitative estimate of drug-likeness (QED) is 0.698.